The fourth-order valence-electron chi connectivity index (χ4n) is 3.14. The number of aromatic nitrogens is 1. The second kappa shape index (κ2) is 10.4. The van der Waals surface area contributed by atoms with Crippen molar-refractivity contribution in [3.05, 3.63) is 83.4 Å². The zero-order valence-electron chi connectivity index (χ0n) is 18.3. The van der Waals surface area contributed by atoms with E-state index in [9.17, 15) is 49.0 Å². The molecule has 0 fully saturated rings. The molecular weight excluding hydrogens is 526 g/mol. The van der Waals surface area contributed by atoms with E-state index in [-0.39, 0.29) is 23.3 Å². The molecule has 1 heterocycles. The van der Waals surface area contributed by atoms with Gasteiger partial charge in [-0.05, 0) is 30.3 Å². The molecule has 0 bridgehead atoms. The van der Waals surface area contributed by atoms with Crippen molar-refractivity contribution in [3.8, 4) is 11.5 Å². The summed E-state index contributed by atoms with van der Waals surface area (Å²) < 4.78 is 136. The van der Waals surface area contributed by atoms with Crippen molar-refractivity contribution < 1.29 is 53.7 Å². The zero-order chi connectivity index (χ0) is 27.6. The van der Waals surface area contributed by atoms with Crippen LogP contribution in [0.3, 0.4) is 0 Å². The van der Waals surface area contributed by atoms with Crippen molar-refractivity contribution in [1.82, 2.24) is 4.98 Å². The van der Waals surface area contributed by atoms with E-state index >= 15 is 0 Å². The van der Waals surface area contributed by atoms with Gasteiger partial charge >= 0.3 is 18.5 Å². The molecule has 0 saturated carbocycles. The molecule has 37 heavy (non-hydrogen) atoms. The van der Waals surface area contributed by atoms with Gasteiger partial charge in [-0.15, -0.1) is 0 Å². The van der Waals surface area contributed by atoms with Gasteiger partial charge in [-0.25, -0.2) is 4.39 Å². The first-order chi connectivity index (χ1) is 17.0. The van der Waals surface area contributed by atoms with Crippen molar-refractivity contribution in [2.24, 2.45) is 0 Å². The van der Waals surface area contributed by atoms with Crippen LogP contribution in [0.15, 0.2) is 60.8 Å². The second-order valence-electron chi connectivity index (χ2n) is 7.72. The molecule has 0 aliphatic heterocycles. The molecule has 0 radical (unpaired) electrons. The third kappa shape index (κ3) is 7.47. The van der Waals surface area contributed by atoms with Crippen LogP contribution in [0, 0.1) is 5.82 Å². The number of ether oxygens (including phenoxy) is 1. The summed E-state index contributed by atoms with van der Waals surface area (Å²) in [6, 6.07) is 8.08. The maximum Gasteiger partial charge on any atom is 0.433 e. The van der Waals surface area contributed by atoms with E-state index in [2.05, 4.69) is 4.98 Å². The first kappa shape index (κ1) is 28.0. The molecule has 14 heteroatoms. The van der Waals surface area contributed by atoms with E-state index in [1.165, 1.54) is 18.2 Å². The first-order valence-electron chi connectivity index (χ1n) is 10.2. The fourth-order valence-corrected chi connectivity index (χ4v) is 3.14. The normalized spacial score (nSPS) is 13.4. The number of anilines is 1. The number of halogens is 10. The van der Waals surface area contributed by atoms with Crippen molar-refractivity contribution in [2.45, 2.75) is 31.2 Å². The lowest BCUT2D eigenvalue weighted by Crippen LogP contribution is -2.41. The molecular formula is C23H16F10N2O2. The SMILES string of the molecule is O[C@@H](CN(Cc1ccc(C(F)(F)F)cc1F)c1cccc(Oc2ccnc(C(F)(F)F)c2)c1)C(F)(F)F. The highest BCUT2D eigenvalue weighted by atomic mass is 19.4. The Bertz CT molecular complexity index is 1230. The minimum atomic E-state index is -5.07. The maximum absolute atomic E-state index is 14.4. The molecule has 0 unspecified atom stereocenters. The molecule has 4 nitrogen and oxygen atoms in total. The summed E-state index contributed by atoms with van der Waals surface area (Å²) in [5.74, 6) is -1.77. The van der Waals surface area contributed by atoms with Gasteiger partial charge in [0.15, 0.2) is 6.10 Å². The summed E-state index contributed by atoms with van der Waals surface area (Å²) in [5, 5.41) is 9.57. The van der Waals surface area contributed by atoms with Crippen LogP contribution in [0.1, 0.15) is 16.8 Å². The average Bonchev–Trinajstić information content (AvgIpc) is 2.78. The van der Waals surface area contributed by atoms with Gasteiger partial charge in [0.2, 0.25) is 0 Å². The van der Waals surface area contributed by atoms with Crippen LogP contribution < -0.4 is 9.64 Å². The Morgan fingerprint density at radius 1 is 0.838 bits per heavy atom. The third-order valence-electron chi connectivity index (χ3n) is 4.95. The number of benzene rings is 2. The van der Waals surface area contributed by atoms with Gasteiger partial charge in [0, 0.05) is 36.1 Å². The number of rotatable bonds is 7. The first-order valence-corrected chi connectivity index (χ1v) is 10.2. The van der Waals surface area contributed by atoms with Crippen molar-refractivity contribution in [1.29, 1.82) is 0 Å². The van der Waals surface area contributed by atoms with Gasteiger partial charge in [0.25, 0.3) is 0 Å². The fraction of sp³-hybridized carbons (Fsp3) is 0.261. The smallest absolute Gasteiger partial charge is 0.433 e. The van der Waals surface area contributed by atoms with Crippen LogP contribution in [0.5, 0.6) is 11.5 Å². The van der Waals surface area contributed by atoms with Crippen molar-refractivity contribution in [3.63, 3.8) is 0 Å². The molecule has 0 aliphatic rings. The van der Waals surface area contributed by atoms with E-state index in [1.807, 2.05) is 0 Å². The summed E-state index contributed by atoms with van der Waals surface area (Å²) in [6.07, 6.45) is -16.8. The largest absolute Gasteiger partial charge is 0.457 e. The second-order valence-corrected chi connectivity index (χ2v) is 7.72. The summed E-state index contributed by atoms with van der Waals surface area (Å²) >= 11 is 0. The number of aliphatic hydroxyl groups excluding tert-OH is 1. The maximum atomic E-state index is 14.4. The van der Waals surface area contributed by atoms with E-state index in [0.717, 1.165) is 29.3 Å². The van der Waals surface area contributed by atoms with Crippen LogP contribution in [0.25, 0.3) is 0 Å². The molecule has 1 N–H and O–H groups in total. The molecule has 2 aromatic carbocycles. The predicted octanol–water partition coefficient (Wildman–Crippen LogP) is 6.98. The summed E-state index contributed by atoms with van der Waals surface area (Å²) in [6.45, 7) is -1.82. The predicted molar refractivity (Wildman–Crippen MR) is 110 cm³/mol. The number of nitrogens with zero attached hydrogens (tertiary/aromatic N) is 2. The lowest BCUT2D eigenvalue weighted by molar-refractivity contribution is -0.200. The van der Waals surface area contributed by atoms with Crippen LogP contribution in [0.4, 0.5) is 49.6 Å². The Morgan fingerprint density at radius 2 is 1.51 bits per heavy atom. The quantitative estimate of drug-likeness (QED) is 0.328. The topological polar surface area (TPSA) is 45.6 Å². The molecule has 1 aromatic heterocycles. The summed E-state index contributed by atoms with van der Waals surface area (Å²) in [7, 11) is 0. The number of alkyl halides is 9. The van der Waals surface area contributed by atoms with Gasteiger partial charge in [-0.2, -0.15) is 39.5 Å². The molecule has 3 rings (SSSR count). The van der Waals surface area contributed by atoms with Gasteiger partial charge < -0.3 is 14.7 Å². The van der Waals surface area contributed by atoms with Crippen molar-refractivity contribution >= 4 is 5.69 Å². The van der Waals surface area contributed by atoms with Gasteiger partial charge in [0.05, 0.1) is 12.1 Å². The zero-order valence-corrected chi connectivity index (χ0v) is 18.3. The van der Waals surface area contributed by atoms with Gasteiger partial charge in [-0.1, -0.05) is 12.1 Å². The lowest BCUT2D eigenvalue weighted by Gasteiger charge is -2.29. The molecule has 200 valence electrons. The average molecular weight is 542 g/mol. The minimum Gasteiger partial charge on any atom is -0.457 e. The Kier molecular flexibility index (Phi) is 7.91. The number of pyridine rings is 1. The van der Waals surface area contributed by atoms with Gasteiger partial charge in [0.1, 0.15) is 23.0 Å². The number of aliphatic hydroxyl groups is 1. The number of hydrogen-bond acceptors (Lipinski definition) is 4. The Hall–Kier alpha value is -3.55. The van der Waals surface area contributed by atoms with E-state index in [1.54, 1.807) is 0 Å². The highest BCUT2D eigenvalue weighted by molar-refractivity contribution is 5.52. The summed E-state index contributed by atoms with van der Waals surface area (Å²) in [5.41, 5.74) is -3.06. The highest BCUT2D eigenvalue weighted by Crippen LogP contribution is 2.34. The van der Waals surface area contributed by atoms with Crippen LogP contribution in [-0.4, -0.2) is 28.9 Å². The molecule has 0 saturated heterocycles. The molecule has 3 aromatic rings. The highest BCUT2D eigenvalue weighted by Gasteiger charge is 2.39. The third-order valence-corrected chi connectivity index (χ3v) is 4.95. The Morgan fingerprint density at radius 3 is 2.11 bits per heavy atom. The number of hydrogen-bond donors (Lipinski definition) is 1. The molecule has 0 spiro atoms. The summed E-state index contributed by atoms with van der Waals surface area (Å²) in [4.78, 5) is 4.01. The van der Waals surface area contributed by atoms with Crippen LogP contribution in [0.2, 0.25) is 0 Å². The standard InChI is InChI=1S/C23H16F10N2O2/c24-18-8-14(21(25,26)27)5-4-13(18)11-35(12-20(36)23(31,32)33)15-2-1-3-16(9-15)37-17-6-7-34-19(10-17)22(28,29)30/h1-10,20,36H,11-12H2/t20-/m0/s1. The Labute approximate surface area is 202 Å². The van der Waals surface area contributed by atoms with E-state index in [4.69, 9.17) is 4.74 Å². The van der Waals surface area contributed by atoms with Crippen LogP contribution in [-0.2, 0) is 18.9 Å². The van der Waals surface area contributed by atoms with Crippen molar-refractivity contribution in [2.75, 3.05) is 11.4 Å². The molecule has 0 aliphatic carbocycles. The molecule has 1 atom stereocenters. The molecule has 0 amide bonds. The van der Waals surface area contributed by atoms with E-state index in [0.29, 0.717) is 12.1 Å². The lowest BCUT2D eigenvalue weighted by atomic mass is 10.1. The van der Waals surface area contributed by atoms with E-state index < -0.39 is 60.4 Å². The Balaban J connectivity index is 1.93. The van der Waals surface area contributed by atoms with Crippen LogP contribution >= 0.6 is 0 Å². The monoisotopic (exact) mass is 542 g/mol. The van der Waals surface area contributed by atoms with Gasteiger partial charge in [-0.3, -0.25) is 4.98 Å². The minimum absolute atomic E-state index is 0.0924.